The first-order valence-electron chi connectivity index (χ1n) is 10.2. The van der Waals surface area contributed by atoms with Gasteiger partial charge in [-0.25, -0.2) is 9.37 Å². The number of piperazine rings is 1. The second-order valence-electron chi connectivity index (χ2n) is 7.58. The molecule has 1 unspecified atom stereocenters. The standard InChI is InChI=1S/C20H23ClFN7O3/c1-23-20(32)17-26-16(27-18(30)11-6-12(21)8-13(22)7-11)14-9-25-19(31)15(29(14)17)10-28-4-2-24-3-5-28/h6-8,15,24H,2-5,9-10H2,1H3,(H,23,32)(H,25,31)(H,27,30). The molecule has 3 heterocycles. The summed E-state index contributed by atoms with van der Waals surface area (Å²) in [6, 6.07) is 2.79. The Balaban J connectivity index is 1.69. The predicted octanol–water partition coefficient (Wildman–Crippen LogP) is 0.364. The molecule has 10 nitrogen and oxygen atoms in total. The molecule has 1 atom stereocenters. The zero-order chi connectivity index (χ0) is 22.8. The Bertz CT molecular complexity index is 1050. The van der Waals surface area contributed by atoms with Gasteiger partial charge in [-0.15, -0.1) is 0 Å². The fourth-order valence-corrected chi connectivity index (χ4v) is 4.14. The SMILES string of the molecule is CNC(=O)c1nc(NC(=O)c2cc(F)cc(Cl)c2)c2n1C(CN1CCNCC1)C(=O)NC2. The Morgan fingerprint density at radius 3 is 2.69 bits per heavy atom. The number of halogens is 2. The molecule has 170 valence electrons. The molecule has 0 radical (unpaired) electrons. The molecule has 1 fully saturated rings. The third-order valence-corrected chi connectivity index (χ3v) is 5.70. The number of imidazole rings is 1. The van der Waals surface area contributed by atoms with Crippen LogP contribution in [0.5, 0.6) is 0 Å². The second kappa shape index (κ2) is 9.23. The summed E-state index contributed by atoms with van der Waals surface area (Å²) in [6.45, 7) is 3.64. The van der Waals surface area contributed by atoms with Gasteiger partial charge in [-0.3, -0.25) is 19.3 Å². The fourth-order valence-electron chi connectivity index (χ4n) is 3.92. The Hall–Kier alpha value is -3.02. The van der Waals surface area contributed by atoms with Crippen LogP contribution in [0.4, 0.5) is 10.2 Å². The van der Waals surface area contributed by atoms with Crippen molar-refractivity contribution in [3.05, 3.63) is 46.1 Å². The monoisotopic (exact) mass is 463 g/mol. The van der Waals surface area contributed by atoms with Crippen LogP contribution in [0, 0.1) is 5.82 Å². The molecule has 0 aliphatic carbocycles. The quantitative estimate of drug-likeness (QED) is 0.508. The van der Waals surface area contributed by atoms with Crippen molar-refractivity contribution in [1.82, 2.24) is 30.4 Å². The number of carbonyl (C=O) groups is 3. The van der Waals surface area contributed by atoms with Crippen LogP contribution >= 0.6 is 11.6 Å². The van der Waals surface area contributed by atoms with Crippen molar-refractivity contribution < 1.29 is 18.8 Å². The molecule has 1 aromatic heterocycles. The van der Waals surface area contributed by atoms with Crippen molar-refractivity contribution in [3.8, 4) is 0 Å². The van der Waals surface area contributed by atoms with Crippen LogP contribution in [-0.4, -0.2) is 71.9 Å². The van der Waals surface area contributed by atoms with Crippen LogP contribution in [0.3, 0.4) is 0 Å². The maximum absolute atomic E-state index is 13.7. The zero-order valence-corrected chi connectivity index (χ0v) is 18.1. The Morgan fingerprint density at radius 2 is 2.00 bits per heavy atom. The second-order valence-corrected chi connectivity index (χ2v) is 8.01. The smallest absolute Gasteiger partial charge is 0.287 e. The molecule has 2 aliphatic heterocycles. The van der Waals surface area contributed by atoms with E-state index in [9.17, 15) is 18.8 Å². The molecule has 4 rings (SSSR count). The van der Waals surface area contributed by atoms with E-state index in [-0.39, 0.29) is 34.7 Å². The highest BCUT2D eigenvalue weighted by Gasteiger charge is 2.36. The molecule has 1 saturated heterocycles. The van der Waals surface area contributed by atoms with Crippen LogP contribution in [0.2, 0.25) is 5.02 Å². The van der Waals surface area contributed by atoms with Crippen molar-refractivity contribution in [2.75, 3.05) is 45.1 Å². The number of nitrogens with zero attached hydrogens (tertiary/aromatic N) is 3. The normalized spacial score (nSPS) is 18.6. The molecule has 0 saturated carbocycles. The average molecular weight is 464 g/mol. The van der Waals surface area contributed by atoms with E-state index in [4.69, 9.17) is 11.6 Å². The van der Waals surface area contributed by atoms with Gasteiger partial charge in [0.1, 0.15) is 11.9 Å². The van der Waals surface area contributed by atoms with Crippen LogP contribution < -0.4 is 21.3 Å². The summed E-state index contributed by atoms with van der Waals surface area (Å²) in [5.74, 6) is -1.85. The van der Waals surface area contributed by atoms with Gasteiger partial charge < -0.3 is 25.8 Å². The van der Waals surface area contributed by atoms with E-state index >= 15 is 0 Å². The highest BCUT2D eigenvalue weighted by Crippen LogP contribution is 2.28. The fraction of sp³-hybridized carbons (Fsp3) is 0.400. The molecule has 4 N–H and O–H groups in total. The van der Waals surface area contributed by atoms with Gasteiger partial charge in [0.25, 0.3) is 11.8 Å². The molecule has 3 amide bonds. The van der Waals surface area contributed by atoms with E-state index in [1.165, 1.54) is 13.1 Å². The predicted molar refractivity (Wildman–Crippen MR) is 115 cm³/mol. The number of carbonyl (C=O) groups excluding carboxylic acids is 3. The van der Waals surface area contributed by atoms with Gasteiger partial charge in [-0.2, -0.15) is 0 Å². The number of hydrogen-bond acceptors (Lipinski definition) is 6. The van der Waals surface area contributed by atoms with Gasteiger partial charge in [0, 0.05) is 50.4 Å². The summed E-state index contributed by atoms with van der Waals surface area (Å²) in [6.07, 6.45) is 0. The summed E-state index contributed by atoms with van der Waals surface area (Å²) in [4.78, 5) is 44.5. The van der Waals surface area contributed by atoms with E-state index in [0.717, 1.165) is 38.3 Å². The number of benzene rings is 1. The molecular formula is C20H23ClFN7O3. The first-order valence-corrected chi connectivity index (χ1v) is 10.6. The third kappa shape index (κ3) is 4.45. The summed E-state index contributed by atoms with van der Waals surface area (Å²) in [5, 5.41) is 11.3. The van der Waals surface area contributed by atoms with Crippen molar-refractivity contribution in [3.63, 3.8) is 0 Å². The average Bonchev–Trinajstić information content (AvgIpc) is 3.13. The van der Waals surface area contributed by atoms with Crippen LogP contribution in [0.15, 0.2) is 18.2 Å². The molecule has 1 aromatic carbocycles. The third-order valence-electron chi connectivity index (χ3n) is 5.48. The molecule has 12 heteroatoms. The van der Waals surface area contributed by atoms with E-state index < -0.39 is 23.7 Å². The van der Waals surface area contributed by atoms with Crippen LogP contribution in [0.25, 0.3) is 0 Å². The number of anilines is 1. The van der Waals surface area contributed by atoms with E-state index in [2.05, 4.69) is 31.2 Å². The lowest BCUT2D eigenvalue weighted by molar-refractivity contribution is -0.126. The van der Waals surface area contributed by atoms with E-state index in [1.54, 1.807) is 4.57 Å². The lowest BCUT2D eigenvalue weighted by Crippen LogP contribution is -2.50. The van der Waals surface area contributed by atoms with Gasteiger partial charge in [0.2, 0.25) is 11.7 Å². The summed E-state index contributed by atoms with van der Waals surface area (Å²) in [7, 11) is 1.46. The first-order chi connectivity index (χ1) is 15.4. The molecule has 0 bridgehead atoms. The zero-order valence-electron chi connectivity index (χ0n) is 17.4. The molecular weight excluding hydrogens is 441 g/mol. The van der Waals surface area contributed by atoms with Crippen molar-refractivity contribution in [1.29, 1.82) is 0 Å². The number of hydrogen-bond donors (Lipinski definition) is 4. The Morgan fingerprint density at radius 1 is 1.25 bits per heavy atom. The largest absolute Gasteiger partial charge is 0.352 e. The summed E-state index contributed by atoms with van der Waals surface area (Å²) >= 11 is 5.86. The number of fused-ring (bicyclic) bond motifs is 1. The molecule has 0 spiro atoms. The van der Waals surface area contributed by atoms with Gasteiger partial charge in [-0.05, 0) is 18.2 Å². The summed E-state index contributed by atoms with van der Waals surface area (Å²) < 4.78 is 15.3. The maximum atomic E-state index is 13.7. The highest BCUT2D eigenvalue weighted by molar-refractivity contribution is 6.31. The van der Waals surface area contributed by atoms with Gasteiger partial charge in [0.05, 0.1) is 12.2 Å². The van der Waals surface area contributed by atoms with Gasteiger partial charge >= 0.3 is 0 Å². The van der Waals surface area contributed by atoms with Crippen molar-refractivity contribution >= 4 is 35.1 Å². The topological polar surface area (TPSA) is 120 Å². The van der Waals surface area contributed by atoms with Crippen molar-refractivity contribution in [2.24, 2.45) is 0 Å². The van der Waals surface area contributed by atoms with E-state index in [1.807, 2.05) is 0 Å². The molecule has 2 aliphatic rings. The lowest BCUT2D eigenvalue weighted by Gasteiger charge is -2.33. The molecule has 32 heavy (non-hydrogen) atoms. The number of aromatic nitrogens is 2. The maximum Gasteiger partial charge on any atom is 0.287 e. The Labute approximate surface area is 188 Å². The number of rotatable bonds is 5. The minimum atomic E-state index is -0.689. The van der Waals surface area contributed by atoms with Crippen molar-refractivity contribution in [2.45, 2.75) is 12.6 Å². The first kappa shape index (κ1) is 22.2. The minimum Gasteiger partial charge on any atom is -0.352 e. The molecule has 2 aromatic rings. The highest BCUT2D eigenvalue weighted by atomic mass is 35.5. The number of amides is 3. The van der Waals surface area contributed by atoms with Crippen LogP contribution in [-0.2, 0) is 11.3 Å². The number of nitrogens with one attached hydrogen (secondary N) is 4. The minimum absolute atomic E-state index is 0.00968. The van der Waals surface area contributed by atoms with Crippen LogP contribution in [0.1, 0.15) is 32.7 Å². The van der Waals surface area contributed by atoms with E-state index in [0.29, 0.717) is 12.2 Å². The summed E-state index contributed by atoms with van der Waals surface area (Å²) in [5.41, 5.74) is 0.495. The Kier molecular flexibility index (Phi) is 6.40. The van der Waals surface area contributed by atoms with Gasteiger partial charge in [0.15, 0.2) is 5.82 Å². The lowest BCUT2D eigenvalue weighted by atomic mass is 10.1. The van der Waals surface area contributed by atoms with Gasteiger partial charge in [-0.1, -0.05) is 11.6 Å².